The Morgan fingerprint density at radius 3 is 2.07 bits per heavy atom. The number of carbonyl (C=O) groups is 3. The molecular weight excluding hydrogens is 793 g/mol. The minimum atomic E-state index is -2.55. The molecule has 2 unspecified atom stereocenters. The Kier molecular flexibility index (Phi) is 15.8. The van der Waals surface area contributed by atoms with Gasteiger partial charge in [0.05, 0.1) is 36.1 Å². The summed E-state index contributed by atoms with van der Waals surface area (Å²) in [5.74, 6) is 0.110. The minimum Gasteiger partial charge on any atom is -0.492 e. The van der Waals surface area contributed by atoms with Crippen LogP contribution >= 0.6 is 0 Å². The van der Waals surface area contributed by atoms with Crippen molar-refractivity contribution in [3.63, 3.8) is 0 Å². The molecule has 1 fully saturated rings. The molecule has 14 nitrogen and oxygen atoms in total. The summed E-state index contributed by atoms with van der Waals surface area (Å²) in [7, 11) is -2.33. The Morgan fingerprint density at radius 2 is 1.53 bits per heavy atom. The van der Waals surface area contributed by atoms with Crippen LogP contribution in [0.1, 0.15) is 126 Å². The van der Waals surface area contributed by atoms with Crippen molar-refractivity contribution in [3.05, 3.63) is 53.7 Å². The van der Waals surface area contributed by atoms with E-state index in [0.29, 0.717) is 22.5 Å². The first kappa shape index (κ1) is 47.7. The van der Waals surface area contributed by atoms with Crippen LogP contribution in [0.3, 0.4) is 0 Å². The molecule has 1 N–H and O–H groups in total. The van der Waals surface area contributed by atoms with Crippen molar-refractivity contribution < 1.29 is 46.5 Å². The van der Waals surface area contributed by atoms with Gasteiger partial charge in [0.25, 0.3) is 11.3 Å². The second-order valence-corrected chi connectivity index (χ2v) is 23.8. The largest absolute Gasteiger partial charge is 0.492 e. The van der Waals surface area contributed by atoms with Crippen LogP contribution in [0.5, 0.6) is 5.75 Å². The zero-order chi connectivity index (χ0) is 43.9. The number of hydrogen-bond acceptors (Lipinski definition) is 10. The number of ether oxygens (including phenoxy) is 4. The monoisotopic (exact) mass is 858 g/mol. The van der Waals surface area contributed by atoms with Gasteiger partial charge in [0.2, 0.25) is 0 Å². The van der Waals surface area contributed by atoms with Gasteiger partial charge in [-0.2, -0.15) is 9.78 Å². The lowest BCUT2D eigenvalue weighted by Crippen LogP contribution is -2.45. The van der Waals surface area contributed by atoms with E-state index < -0.39 is 67.2 Å². The molecule has 16 heteroatoms. The molecule has 0 radical (unpaired) electrons. The molecular formula is C43H66N4O10SSi. The van der Waals surface area contributed by atoms with Gasteiger partial charge < -0.3 is 28.3 Å². The molecule has 328 valence electrons. The van der Waals surface area contributed by atoms with Gasteiger partial charge in [-0.25, -0.2) is 13.8 Å². The maximum absolute atomic E-state index is 14.0. The number of esters is 1. The normalized spacial score (nSPS) is 14.9. The van der Waals surface area contributed by atoms with E-state index in [9.17, 15) is 23.1 Å². The zero-order valence-electron chi connectivity index (χ0n) is 37.1. The number of fused-ring (bicyclic) bond motifs is 1. The van der Waals surface area contributed by atoms with Crippen molar-refractivity contribution in [2.45, 2.75) is 149 Å². The Bertz CT molecular complexity index is 1930. The first-order valence-electron chi connectivity index (χ1n) is 20.7. The van der Waals surface area contributed by atoms with E-state index in [0.717, 1.165) is 52.8 Å². The van der Waals surface area contributed by atoms with E-state index >= 15 is 0 Å². The van der Waals surface area contributed by atoms with Crippen molar-refractivity contribution in [2.24, 2.45) is 0 Å². The van der Waals surface area contributed by atoms with Crippen molar-refractivity contribution in [2.75, 3.05) is 30.5 Å². The first-order chi connectivity index (χ1) is 27.5. The third-order valence-electron chi connectivity index (χ3n) is 10.1. The number of hydrogen-bond donors (Lipinski definition) is 1. The average Bonchev–Trinajstić information content (AvgIpc) is 3.47. The highest BCUT2D eigenvalue weighted by Gasteiger charge is 2.36. The molecule has 1 saturated carbocycles. The van der Waals surface area contributed by atoms with Gasteiger partial charge in [0.15, 0.2) is 8.32 Å². The summed E-state index contributed by atoms with van der Waals surface area (Å²) < 4.78 is 55.7. The Morgan fingerprint density at radius 1 is 0.898 bits per heavy atom. The van der Waals surface area contributed by atoms with Crippen LogP contribution in [0.15, 0.2) is 42.5 Å². The van der Waals surface area contributed by atoms with Gasteiger partial charge in [-0.15, -0.1) is 0 Å². The van der Waals surface area contributed by atoms with E-state index in [1.54, 1.807) is 70.7 Å². The van der Waals surface area contributed by atoms with Gasteiger partial charge in [-0.1, -0.05) is 39.3 Å². The maximum Gasteiger partial charge on any atom is 0.435 e. The van der Waals surface area contributed by atoms with E-state index in [-0.39, 0.29) is 25.6 Å². The zero-order valence-corrected chi connectivity index (χ0v) is 38.9. The van der Waals surface area contributed by atoms with Gasteiger partial charge in [0, 0.05) is 17.4 Å². The van der Waals surface area contributed by atoms with E-state index in [1.807, 2.05) is 39.0 Å². The summed E-state index contributed by atoms with van der Waals surface area (Å²) in [5, 5.41) is 5.59. The second kappa shape index (κ2) is 19.6. The lowest BCUT2D eigenvalue weighted by Gasteiger charge is -2.37. The van der Waals surface area contributed by atoms with Crippen LogP contribution in [0.25, 0.3) is 10.9 Å². The van der Waals surface area contributed by atoms with Crippen molar-refractivity contribution >= 4 is 54.3 Å². The molecule has 1 aliphatic carbocycles. The highest BCUT2D eigenvalue weighted by molar-refractivity contribution is 7.80. The maximum atomic E-state index is 14.0. The number of anilines is 1. The highest BCUT2D eigenvalue weighted by Crippen LogP contribution is 2.40. The lowest BCUT2D eigenvalue weighted by molar-refractivity contribution is -0.152. The molecule has 0 saturated heterocycles. The molecule has 1 amide bonds. The fourth-order valence-corrected chi connectivity index (χ4v) is 10.1. The number of rotatable bonds is 17. The molecule has 1 aliphatic rings. The third-order valence-corrected chi connectivity index (χ3v) is 15.5. The molecule has 0 bridgehead atoms. The van der Waals surface area contributed by atoms with Gasteiger partial charge >= 0.3 is 18.2 Å². The smallest absolute Gasteiger partial charge is 0.435 e. The van der Waals surface area contributed by atoms with Crippen molar-refractivity contribution in [1.29, 1.82) is 0 Å². The second-order valence-electron chi connectivity index (χ2n) is 18.2. The van der Waals surface area contributed by atoms with E-state index in [1.165, 1.54) is 4.68 Å². The van der Waals surface area contributed by atoms with Gasteiger partial charge in [0.1, 0.15) is 35.7 Å². The summed E-state index contributed by atoms with van der Waals surface area (Å²) in [6, 6.07) is 15.0. The SMILES string of the molecule is CC[Si](CC)(CC)OC(CN(CCOc1ccc2c(C3CCC3)nn(C(=O)OC(C)(C)C)c2c1)C(=O)OC(C)(C)C)c1cccc(N(CC(=O)OC(C)(C)C)S(=O)O)c1. The molecule has 59 heavy (non-hydrogen) atoms. The van der Waals surface area contributed by atoms with Crippen LogP contribution in [0, 0.1) is 0 Å². The predicted octanol–water partition coefficient (Wildman–Crippen LogP) is 9.75. The third kappa shape index (κ3) is 13.5. The fraction of sp³-hybridized carbons (Fsp3) is 0.628. The summed E-state index contributed by atoms with van der Waals surface area (Å²) >= 11 is -2.55. The quantitative estimate of drug-likeness (QED) is 0.0596. The topological polar surface area (TPSA) is 159 Å². The number of nitrogens with zero attached hydrogens (tertiary/aromatic N) is 4. The van der Waals surface area contributed by atoms with Crippen LogP contribution in [-0.4, -0.2) is 93.0 Å². The fourth-order valence-electron chi connectivity index (χ4n) is 6.81. The van der Waals surface area contributed by atoms with Crippen molar-refractivity contribution in [3.8, 4) is 5.75 Å². The van der Waals surface area contributed by atoms with Crippen LogP contribution in [-0.2, 0) is 34.7 Å². The Labute approximate surface area is 353 Å². The number of amides is 1. The summed E-state index contributed by atoms with van der Waals surface area (Å²) in [4.78, 5) is 41.6. The van der Waals surface area contributed by atoms with E-state index in [2.05, 4.69) is 20.8 Å². The minimum absolute atomic E-state index is 0.0820. The molecule has 3 aromatic rings. The Hall–Kier alpha value is -3.99. The summed E-state index contributed by atoms with van der Waals surface area (Å²) in [6.45, 7) is 22.2. The standard InChI is InChI=1S/C43H66N4O10SSi/c1-13-59(14-2,15-3)57-36(31-20-17-21-32(26-31)46(58(51)52)29-37(48)54-41(4,5)6)28-45(39(49)55-42(7,8)9)24-25-53-33-22-23-34-35(27-33)47(40(50)56-43(10,11)12)44-38(34)30-18-16-19-30/h17,20-23,26-27,30,36H,13-16,18-19,24-25,28-29H2,1-12H3,(H,51,52). The Balaban J connectivity index is 1.67. The summed E-state index contributed by atoms with van der Waals surface area (Å²) in [6.07, 6.45) is 1.35. The van der Waals surface area contributed by atoms with Crippen molar-refractivity contribution in [1.82, 2.24) is 14.7 Å². The van der Waals surface area contributed by atoms with Crippen LogP contribution < -0.4 is 9.04 Å². The van der Waals surface area contributed by atoms with Crippen LogP contribution in [0.4, 0.5) is 15.3 Å². The lowest BCUT2D eigenvalue weighted by atomic mass is 9.82. The molecule has 2 atom stereocenters. The highest BCUT2D eigenvalue weighted by atomic mass is 32.2. The average molecular weight is 859 g/mol. The number of aromatic nitrogens is 2. The molecule has 0 aliphatic heterocycles. The van der Waals surface area contributed by atoms with Gasteiger partial charge in [-0.3, -0.25) is 13.7 Å². The molecule has 1 aromatic heterocycles. The van der Waals surface area contributed by atoms with E-state index in [4.69, 9.17) is 28.5 Å². The number of carbonyl (C=O) groups excluding carboxylic acids is 3. The molecule has 0 spiro atoms. The number of benzene rings is 2. The molecule has 4 rings (SSSR count). The molecule has 2 aromatic carbocycles. The molecule has 1 heterocycles. The van der Waals surface area contributed by atoms with Crippen LogP contribution in [0.2, 0.25) is 18.1 Å². The summed E-state index contributed by atoms with van der Waals surface area (Å²) in [5.41, 5.74) is 0.147. The van der Waals surface area contributed by atoms with Gasteiger partial charge in [-0.05, 0) is 123 Å². The first-order valence-corrected chi connectivity index (χ1v) is 24.3. The predicted molar refractivity (Wildman–Crippen MR) is 233 cm³/mol.